The summed E-state index contributed by atoms with van der Waals surface area (Å²) in [4.78, 5) is 10.3. The third kappa shape index (κ3) is 4.17. The highest BCUT2D eigenvalue weighted by Crippen LogP contribution is 2.44. The minimum absolute atomic E-state index is 0.519. The number of para-hydroxylation sites is 3. The summed E-state index contributed by atoms with van der Waals surface area (Å²) in [5.74, 6) is 1.53. The summed E-state index contributed by atoms with van der Waals surface area (Å²) >= 11 is 0. The van der Waals surface area contributed by atoms with Crippen molar-refractivity contribution < 1.29 is 8.83 Å². The fraction of sp³-hybridized carbons (Fsp3) is 0.0222. The Labute approximate surface area is 291 Å². The summed E-state index contributed by atoms with van der Waals surface area (Å²) in [6.45, 7) is 0. The molecule has 0 bridgehead atoms. The smallest absolute Gasteiger partial charge is 0.173 e. The van der Waals surface area contributed by atoms with Crippen LogP contribution in [0.4, 0.5) is 0 Å². The SMILES string of the molecule is c1ccc(C2=NC(c3cccc4c3oc3ccc5c(oc6cccc(-n7c8ccccc8c8ccccc87)c65)c34)N=C(c3ccccc3)N2)cc1. The van der Waals surface area contributed by atoms with Crippen LogP contribution in [0.3, 0.4) is 0 Å². The number of nitrogens with one attached hydrogen (secondary N) is 1. The molecular formula is C45H28N4O2. The van der Waals surface area contributed by atoms with Crippen LogP contribution in [0.25, 0.3) is 71.4 Å². The van der Waals surface area contributed by atoms with Crippen molar-refractivity contribution in [3.05, 3.63) is 174 Å². The van der Waals surface area contributed by atoms with Crippen LogP contribution in [-0.2, 0) is 0 Å². The Hall–Kier alpha value is -6.92. The second-order valence-electron chi connectivity index (χ2n) is 12.9. The number of amidine groups is 2. The number of fused-ring (bicyclic) bond motifs is 10. The molecule has 0 saturated carbocycles. The zero-order valence-electron chi connectivity index (χ0n) is 27.2. The Morgan fingerprint density at radius 3 is 1.69 bits per heavy atom. The van der Waals surface area contributed by atoms with Crippen molar-refractivity contribution >= 4 is 77.4 Å². The number of aliphatic imine (C=N–C) groups is 2. The Kier molecular flexibility index (Phi) is 5.92. The van der Waals surface area contributed by atoms with E-state index in [4.69, 9.17) is 18.8 Å². The first-order valence-corrected chi connectivity index (χ1v) is 17.1. The summed E-state index contributed by atoms with van der Waals surface area (Å²) in [6.07, 6.45) is -0.519. The summed E-state index contributed by atoms with van der Waals surface area (Å²) in [5, 5.41) is 9.97. The second kappa shape index (κ2) is 10.8. The highest BCUT2D eigenvalue weighted by atomic mass is 16.3. The molecule has 0 spiro atoms. The molecule has 0 fully saturated rings. The minimum Gasteiger partial charge on any atom is -0.455 e. The highest BCUT2D eigenvalue weighted by molar-refractivity contribution is 6.24. The third-order valence-electron chi connectivity index (χ3n) is 10.1. The summed E-state index contributed by atoms with van der Waals surface area (Å²) in [5.41, 5.74) is 9.42. The molecule has 1 aliphatic heterocycles. The van der Waals surface area contributed by atoms with Crippen LogP contribution >= 0.6 is 0 Å². The van der Waals surface area contributed by atoms with E-state index in [1.54, 1.807) is 0 Å². The fourth-order valence-corrected chi connectivity index (χ4v) is 7.81. The Bertz CT molecular complexity index is 2950. The van der Waals surface area contributed by atoms with Crippen LogP contribution in [0.2, 0.25) is 0 Å². The van der Waals surface area contributed by atoms with Gasteiger partial charge in [0, 0.05) is 38.2 Å². The van der Waals surface area contributed by atoms with Gasteiger partial charge in [0.25, 0.3) is 0 Å². The van der Waals surface area contributed by atoms with Gasteiger partial charge in [0.15, 0.2) is 6.17 Å². The molecule has 0 aliphatic carbocycles. The molecule has 7 aromatic carbocycles. The van der Waals surface area contributed by atoms with Crippen molar-refractivity contribution in [2.24, 2.45) is 9.98 Å². The molecule has 3 aromatic heterocycles. The van der Waals surface area contributed by atoms with Crippen molar-refractivity contribution in [2.45, 2.75) is 6.17 Å². The molecule has 10 aromatic rings. The lowest BCUT2D eigenvalue weighted by atomic mass is 10.0. The molecular weight excluding hydrogens is 629 g/mol. The van der Waals surface area contributed by atoms with E-state index in [2.05, 4.69) is 131 Å². The van der Waals surface area contributed by atoms with E-state index < -0.39 is 6.17 Å². The van der Waals surface area contributed by atoms with Gasteiger partial charge >= 0.3 is 0 Å². The zero-order valence-corrected chi connectivity index (χ0v) is 27.2. The first kappa shape index (κ1) is 28.0. The monoisotopic (exact) mass is 656 g/mol. The molecule has 1 aliphatic rings. The van der Waals surface area contributed by atoms with Crippen LogP contribution in [0.1, 0.15) is 22.9 Å². The molecule has 240 valence electrons. The van der Waals surface area contributed by atoms with E-state index in [0.717, 1.165) is 89.0 Å². The van der Waals surface area contributed by atoms with Gasteiger partial charge in [0.1, 0.15) is 34.0 Å². The minimum atomic E-state index is -0.519. The van der Waals surface area contributed by atoms with Gasteiger partial charge in [0.2, 0.25) is 0 Å². The predicted molar refractivity (Wildman–Crippen MR) is 207 cm³/mol. The predicted octanol–water partition coefficient (Wildman–Crippen LogP) is 11.1. The number of hydrogen-bond donors (Lipinski definition) is 1. The van der Waals surface area contributed by atoms with Crippen LogP contribution in [-0.4, -0.2) is 16.2 Å². The van der Waals surface area contributed by atoms with Gasteiger partial charge in [-0.05, 0) is 36.4 Å². The van der Waals surface area contributed by atoms with Crippen molar-refractivity contribution in [3.63, 3.8) is 0 Å². The van der Waals surface area contributed by atoms with E-state index in [0.29, 0.717) is 0 Å². The normalized spacial score (nSPS) is 13.8. The molecule has 1 N–H and O–H groups in total. The van der Waals surface area contributed by atoms with Gasteiger partial charge in [-0.1, -0.05) is 121 Å². The van der Waals surface area contributed by atoms with Gasteiger partial charge in [0.05, 0.1) is 27.5 Å². The molecule has 51 heavy (non-hydrogen) atoms. The van der Waals surface area contributed by atoms with Crippen LogP contribution in [0, 0.1) is 0 Å². The number of hydrogen-bond acceptors (Lipinski definition) is 5. The standard InChI is InChI=1S/C45H28N4O2/c1-3-13-27(14-4-1)43-46-44(28-15-5-2-6-16-28)48-45(47-43)33-20-11-19-31-40-38(50-41(31)33)26-25-32-39-36(23-12-24-37(39)51-42(32)40)49-34-21-9-7-17-29(34)30-18-8-10-22-35(30)49/h1-26,45H,(H,46,47,48). The largest absolute Gasteiger partial charge is 0.455 e. The van der Waals surface area contributed by atoms with Crippen molar-refractivity contribution in [1.29, 1.82) is 0 Å². The number of furan rings is 2. The van der Waals surface area contributed by atoms with Gasteiger partial charge in [-0.3, -0.25) is 0 Å². The first-order valence-electron chi connectivity index (χ1n) is 17.1. The quantitative estimate of drug-likeness (QED) is 0.205. The lowest BCUT2D eigenvalue weighted by Crippen LogP contribution is -2.36. The van der Waals surface area contributed by atoms with E-state index in [1.165, 1.54) is 10.8 Å². The van der Waals surface area contributed by atoms with Crippen molar-refractivity contribution in [1.82, 2.24) is 9.88 Å². The first-order chi connectivity index (χ1) is 25.3. The fourth-order valence-electron chi connectivity index (χ4n) is 7.81. The highest BCUT2D eigenvalue weighted by Gasteiger charge is 2.26. The van der Waals surface area contributed by atoms with Crippen LogP contribution < -0.4 is 5.32 Å². The van der Waals surface area contributed by atoms with Gasteiger partial charge in [-0.25, -0.2) is 9.98 Å². The number of benzene rings is 7. The summed E-state index contributed by atoms with van der Waals surface area (Å²) < 4.78 is 15.9. The Balaban J connectivity index is 1.14. The summed E-state index contributed by atoms with van der Waals surface area (Å²) in [6, 6.07) is 54.3. The van der Waals surface area contributed by atoms with E-state index >= 15 is 0 Å². The van der Waals surface area contributed by atoms with Gasteiger partial charge in [-0.15, -0.1) is 0 Å². The second-order valence-corrected chi connectivity index (χ2v) is 12.9. The lowest BCUT2D eigenvalue weighted by molar-refractivity contribution is 0.647. The zero-order chi connectivity index (χ0) is 33.5. The maximum atomic E-state index is 6.79. The molecule has 0 unspecified atom stereocenters. The summed E-state index contributed by atoms with van der Waals surface area (Å²) in [7, 11) is 0. The number of rotatable bonds is 4. The number of aromatic nitrogens is 1. The van der Waals surface area contributed by atoms with Gasteiger partial charge in [-0.2, -0.15) is 0 Å². The molecule has 6 heteroatoms. The van der Waals surface area contributed by atoms with Crippen LogP contribution in [0.15, 0.2) is 177 Å². The lowest BCUT2D eigenvalue weighted by Gasteiger charge is -2.22. The average Bonchev–Trinajstić information content (AvgIpc) is 3.88. The third-order valence-corrected chi connectivity index (χ3v) is 10.1. The molecule has 0 amide bonds. The molecule has 0 atom stereocenters. The van der Waals surface area contributed by atoms with Crippen molar-refractivity contribution in [2.75, 3.05) is 0 Å². The number of nitrogens with zero attached hydrogens (tertiary/aromatic N) is 3. The molecule has 0 radical (unpaired) electrons. The maximum absolute atomic E-state index is 6.79. The Morgan fingerprint density at radius 1 is 0.451 bits per heavy atom. The molecule has 6 nitrogen and oxygen atoms in total. The topological polar surface area (TPSA) is 68.0 Å². The van der Waals surface area contributed by atoms with E-state index in [-0.39, 0.29) is 0 Å². The average molecular weight is 657 g/mol. The van der Waals surface area contributed by atoms with Gasteiger partial charge < -0.3 is 18.7 Å². The Morgan fingerprint density at radius 2 is 1.00 bits per heavy atom. The van der Waals surface area contributed by atoms with E-state index in [9.17, 15) is 0 Å². The molecule has 4 heterocycles. The maximum Gasteiger partial charge on any atom is 0.173 e. The van der Waals surface area contributed by atoms with Crippen molar-refractivity contribution in [3.8, 4) is 5.69 Å². The molecule has 11 rings (SSSR count). The van der Waals surface area contributed by atoms with E-state index in [1.807, 2.05) is 36.4 Å². The van der Waals surface area contributed by atoms with Crippen LogP contribution in [0.5, 0.6) is 0 Å². The molecule has 0 saturated heterocycles.